The summed E-state index contributed by atoms with van der Waals surface area (Å²) in [5, 5.41) is 14.4. The molecule has 0 saturated carbocycles. The molecule has 4 nitrogen and oxygen atoms in total. The quantitative estimate of drug-likeness (QED) is 0.147. The van der Waals surface area contributed by atoms with Gasteiger partial charge in [0.2, 0.25) is 5.91 Å². The van der Waals surface area contributed by atoms with Gasteiger partial charge in [-0.2, -0.15) is 11.8 Å². The molecule has 0 aromatic heterocycles. The smallest absolute Gasteiger partial charge is 0.237 e. The first-order valence-corrected chi connectivity index (χ1v) is 17.6. The van der Waals surface area contributed by atoms with E-state index in [-0.39, 0.29) is 22.8 Å². The number of aromatic hydroxyl groups is 1. The van der Waals surface area contributed by atoms with Crippen molar-refractivity contribution in [3.63, 3.8) is 0 Å². The number of anilines is 3. The average Bonchev–Trinajstić information content (AvgIpc) is 2.91. The molecule has 43 heavy (non-hydrogen) atoms. The van der Waals surface area contributed by atoms with Gasteiger partial charge in [-0.3, -0.25) is 4.79 Å². The number of nitrogens with one attached hydrogen (secondary N) is 1. The van der Waals surface area contributed by atoms with Crippen LogP contribution in [0.1, 0.15) is 86.3 Å². The number of phenolic OH excluding ortho intramolecular Hbond substituents is 1. The lowest BCUT2D eigenvalue weighted by Crippen LogP contribution is -2.40. The molecule has 0 aliphatic rings. The van der Waals surface area contributed by atoms with Crippen LogP contribution in [0, 0.1) is 5.92 Å². The second-order valence-electron chi connectivity index (χ2n) is 13.9. The van der Waals surface area contributed by atoms with Crippen LogP contribution in [0.5, 0.6) is 5.75 Å². The van der Waals surface area contributed by atoms with Gasteiger partial charge in [0.05, 0.1) is 5.75 Å². The zero-order chi connectivity index (χ0) is 31.8. The van der Waals surface area contributed by atoms with Gasteiger partial charge in [0.25, 0.3) is 0 Å². The van der Waals surface area contributed by atoms with Crippen LogP contribution in [0.25, 0.3) is 0 Å². The van der Waals surface area contributed by atoms with Crippen LogP contribution in [-0.2, 0) is 15.6 Å². The largest absolute Gasteiger partial charge is 0.507 e. The van der Waals surface area contributed by atoms with E-state index in [2.05, 4.69) is 104 Å². The molecule has 0 spiro atoms. The first-order valence-electron chi connectivity index (χ1n) is 15.5. The SMILES string of the molecule is CC(C)CC(C)N(C(=O)CSCCCSc1cc(C(C)(C)C)c(O)c(C(C)(C)C)c1)c1ccc(Nc2ccccc2)cc1. The average molecular weight is 621 g/mol. The second kappa shape index (κ2) is 15.4. The Bertz CT molecular complexity index is 1270. The topological polar surface area (TPSA) is 52.6 Å². The van der Waals surface area contributed by atoms with E-state index in [1.807, 2.05) is 47.0 Å². The predicted octanol–water partition coefficient (Wildman–Crippen LogP) is 10.4. The maximum Gasteiger partial charge on any atom is 0.237 e. The molecule has 3 rings (SSSR count). The minimum Gasteiger partial charge on any atom is -0.507 e. The maximum atomic E-state index is 13.6. The Morgan fingerprint density at radius 2 is 1.40 bits per heavy atom. The summed E-state index contributed by atoms with van der Waals surface area (Å²) >= 11 is 3.56. The van der Waals surface area contributed by atoms with Gasteiger partial charge < -0.3 is 15.3 Å². The molecule has 0 bridgehead atoms. The molecule has 0 aliphatic heterocycles. The second-order valence-corrected chi connectivity index (χ2v) is 16.2. The van der Waals surface area contributed by atoms with Crippen LogP contribution < -0.4 is 10.2 Å². The number of hydrogen-bond donors (Lipinski definition) is 2. The van der Waals surface area contributed by atoms with E-state index in [0.29, 0.717) is 17.4 Å². The van der Waals surface area contributed by atoms with Gasteiger partial charge in [0.1, 0.15) is 5.75 Å². The van der Waals surface area contributed by atoms with Gasteiger partial charge in [0.15, 0.2) is 0 Å². The van der Waals surface area contributed by atoms with E-state index in [4.69, 9.17) is 0 Å². The molecule has 0 fully saturated rings. The zero-order valence-electron chi connectivity index (χ0n) is 27.7. The molecule has 0 saturated heterocycles. The molecular formula is C37H52N2O2S2. The summed E-state index contributed by atoms with van der Waals surface area (Å²) in [6, 6.07) is 22.8. The van der Waals surface area contributed by atoms with Crippen molar-refractivity contribution in [2.24, 2.45) is 5.92 Å². The Hall–Kier alpha value is -2.57. The Balaban J connectivity index is 1.59. The number of amides is 1. The van der Waals surface area contributed by atoms with Crippen molar-refractivity contribution in [3.05, 3.63) is 77.9 Å². The van der Waals surface area contributed by atoms with Crippen LogP contribution in [0.2, 0.25) is 0 Å². The number of thioether (sulfide) groups is 2. The number of nitrogens with zero attached hydrogens (tertiary/aromatic N) is 1. The van der Waals surface area contributed by atoms with E-state index in [1.165, 1.54) is 4.90 Å². The number of benzene rings is 3. The first kappa shape index (κ1) is 34.9. The van der Waals surface area contributed by atoms with Gasteiger partial charge in [-0.05, 0) is 96.5 Å². The van der Waals surface area contributed by atoms with Crippen molar-refractivity contribution >= 4 is 46.5 Å². The van der Waals surface area contributed by atoms with Gasteiger partial charge in [-0.1, -0.05) is 73.6 Å². The van der Waals surface area contributed by atoms with Crippen molar-refractivity contribution in [2.75, 3.05) is 27.5 Å². The lowest BCUT2D eigenvalue weighted by Gasteiger charge is -2.31. The molecule has 1 unspecified atom stereocenters. The standard InChI is InChI=1S/C37H52N2O2S2/c1-26(2)22-27(3)39(30-18-16-29(17-19-30)38-28-14-11-10-12-15-28)34(40)25-42-20-13-21-43-31-23-32(36(4,5)6)35(41)33(24-31)37(7,8)9/h10-12,14-19,23-24,26-27,38,41H,13,20-22,25H2,1-9H3. The molecule has 234 valence electrons. The van der Waals surface area contributed by atoms with Crippen LogP contribution in [0.3, 0.4) is 0 Å². The Labute approximate surface area is 269 Å². The summed E-state index contributed by atoms with van der Waals surface area (Å²) in [7, 11) is 0. The molecule has 3 aromatic carbocycles. The van der Waals surface area contributed by atoms with E-state index in [0.717, 1.165) is 52.5 Å². The summed E-state index contributed by atoms with van der Waals surface area (Å²) < 4.78 is 0. The molecule has 3 aromatic rings. The minimum atomic E-state index is -0.131. The van der Waals surface area contributed by atoms with Gasteiger partial charge in [-0.25, -0.2) is 0 Å². The van der Waals surface area contributed by atoms with Gasteiger partial charge >= 0.3 is 0 Å². The third-order valence-corrected chi connectivity index (χ3v) is 9.45. The maximum absolute atomic E-state index is 13.6. The third kappa shape index (κ3) is 10.5. The van der Waals surface area contributed by atoms with Crippen LogP contribution in [0.4, 0.5) is 17.1 Å². The van der Waals surface area contributed by atoms with Gasteiger partial charge in [0, 0.05) is 39.1 Å². The van der Waals surface area contributed by atoms with E-state index in [9.17, 15) is 9.90 Å². The highest BCUT2D eigenvalue weighted by Gasteiger charge is 2.27. The lowest BCUT2D eigenvalue weighted by molar-refractivity contribution is -0.116. The Kier molecular flexibility index (Phi) is 12.5. The number of para-hydroxylation sites is 1. The number of carbonyl (C=O) groups is 1. The lowest BCUT2D eigenvalue weighted by atomic mass is 9.79. The number of phenols is 1. The molecule has 0 radical (unpaired) electrons. The molecule has 0 aliphatic carbocycles. The fraction of sp³-hybridized carbons (Fsp3) is 0.486. The summed E-state index contributed by atoms with van der Waals surface area (Å²) in [5.74, 6) is 3.48. The fourth-order valence-corrected chi connectivity index (χ4v) is 7.16. The summed E-state index contributed by atoms with van der Waals surface area (Å²) in [6.45, 7) is 19.5. The van der Waals surface area contributed by atoms with Crippen molar-refractivity contribution < 1.29 is 9.90 Å². The summed E-state index contributed by atoms with van der Waals surface area (Å²) in [4.78, 5) is 16.7. The van der Waals surface area contributed by atoms with Crippen molar-refractivity contribution in [1.82, 2.24) is 0 Å². The number of carbonyl (C=O) groups excluding carboxylic acids is 1. The first-order chi connectivity index (χ1) is 20.2. The van der Waals surface area contributed by atoms with Crippen LogP contribution in [0.15, 0.2) is 71.6 Å². The highest BCUT2D eigenvalue weighted by molar-refractivity contribution is 8.00. The third-order valence-electron chi connectivity index (χ3n) is 7.36. The minimum absolute atomic E-state index is 0.125. The molecule has 1 amide bonds. The van der Waals surface area contributed by atoms with Crippen LogP contribution >= 0.6 is 23.5 Å². The molecular weight excluding hydrogens is 569 g/mol. The van der Waals surface area contributed by atoms with Crippen molar-refractivity contribution in [3.8, 4) is 5.75 Å². The summed E-state index contributed by atoms with van der Waals surface area (Å²) in [5.41, 5.74) is 4.74. The highest BCUT2D eigenvalue weighted by atomic mass is 32.2. The molecule has 1 atom stereocenters. The predicted molar refractivity (Wildman–Crippen MR) is 191 cm³/mol. The normalized spacial score (nSPS) is 12.8. The molecule has 2 N–H and O–H groups in total. The number of rotatable bonds is 13. The zero-order valence-corrected chi connectivity index (χ0v) is 29.3. The Morgan fingerprint density at radius 1 is 0.837 bits per heavy atom. The van der Waals surface area contributed by atoms with Crippen molar-refractivity contribution in [2.45, 2.75) is 96.9 Å². The van der Waals surface area contributed by atoms with Crippen LogP contribution in [-0.4, -0.2) is 34.3 Å². The van der Waals surface area contributed by atoms with Crippen molar-refractivity contribution in [1.29, 1.82) is 0 Å². The van der Waals surface area contributed by atoms with E-state index < -0.39 is 0 Å². The van der Waals surface area contributed by atoms with E-state index >= 15 is 0 Å². The highest BCUT2D eigenvalue weighted by Crippen LogP contribution is 2.42. The molecule has 6 heteroatoms. The Morgan fingerprint density at radius 3 is 1.93 bits per heavy atom. The fourth-order valence-electron chi connectivity index (χ4n) is 5.24. The number of hydrogen-bond acceptors (Lipinski definition) is 5. The summed E-state index contributed by atoms with van der Waals surface area (Å²) in [6.07, 6.45) is 1.97. The van der Waals surface area contributed by atoms with Gasteiger partial charge in [-0.15, -0.1) is 11.8 Å². The monoisotopic (exact) mass is 620 g/mol. The molecule has 0 heterocycles. The van der Waals surface area contributed by atoms with E-state index in [1.54, 1.807) is 11.8 Å².